The molecule has 0 amide bonds. The number of ether oxygens (including phenoxy) is 1. The number of carbonyl (C=O) groups is 1. The highest BCUT2D eigenvalue weighted by Crippen LogP contribution is 2.12. The molecule has 0 radical (unpaired) electrons. The lowest BCUT2D eigenvalue weighted by molar-refractivity contribution is 0.101. The lowest BCUT2D eigenvalue weighted by Gasteiger charge is -2.07. The molecule has 0 spiro atoms. The highest BCUT2D eigenvalue weighted by atomic mass is 16.5. The van der Waals surface area contributed by atoms with Crippen molar-refractivity contribution in [1.82, 2.24) is 0 Å². The lowest BCUT2D eigenvalue weighted by Crippen LogP contribution is -2.12. The maximum absolute atomic E-state index is 10.9. The summed E-state index contributed by atoms with van der Waals surface area (Å²) in [4.78, 5) is 10.9. The molecule has 1 rings (SSSR count). The van der Waals surface area contributed by atoms with Crippen molar-refractivity contribution < 1.29 is 14.6 Å². The normalized spacial score (nSPS) is 12.2. The van der Waals surface area contributed by atoms with E-state index in [-0.39, 0.29) is 12.4 Å². The first-order valence-corrected chi connectivity index (χ1v) is 4.51. The molecule has 0 bridgehead atoms. The van der Waals surface area contributed by atoms with Gasteiger partial charge in [0.05, 0.1) is 6.10 Å². The number of aliphatic hydroxyl groups excluding tert-OH is 1. The molecule has 3 nitrogen and oxygen atoms in total. The molecule has 0 heterocycles. The summed E-state index contributed by atoms with van der Waals surface area (Å²) in [6.45, 7) is 3.44. The zero-order chi connectivity index (χ0) is 10.6. The van der Waals surface area contributed by atoms with Crippen LogP contribution in [0.15, 0.2) is 24.3 Å². The van der Waals surface area contributed by atoms with Gasteiger partial charge in [0.25, 0.3) is 0 Å². The summed E-state index contributed by atoms with van der Waals surface area (Å²) in [5, 5.41) is 8.98. The van der Waals surface area contributed by atoms with Gasteiger partial charge in [-0.1, -0.05) is 0 Å². The smallest absolute Gasteiger partial charge is 0.159 e. The Hall–Kier alpha value is -1.35. The molecule has 14 heavy (non-hydrogen) atoms. The maximum atomic E-state index is 10.9. The fourth-order valence-electron chi connectivity index (χ4n) is 1.00. The van der Waals surface area contributed by atoms with Gasteiger partial charge in [-0.2, -0.15) is 0 Å². The van der Waals surface area contributed by atoms with Crippen LogP contribution in [0.1, 0.15) is 24.2 Å². The molecule has 76 valence electrons. The van der Waals surface area contributed by atoms with Gasteiger partial charge in [0.15, 0.2) is 5.78 Å². The van der Waals surface area contributed by atoms with Gasteiger partial charge in [-0.05, 0) is 38.1 Å². The van der Waals surface area contributed by atoms with Gasteiger partial charge in [0, 0.05) is 5.56 Å². The van der Waals surface area contributed by atoms with Crippen LogP contribution in [0.2, 0.25) is 0 Å². The zero-order valence-corrected chi connectivity index (χ0v) is 8.36. The van der Waals surface area contributed by atoms with Crippen LogP contribution in [0.5, 0.6) is 5.75 Å². The first-order valence-electron chi connectivity index (χ1n) is 4.51. The van der Waals surface area contributed by atoms with Crippen LogP contribution < -0.4 is 4.74 Å². The van der Waals surface area contributed by atoms with E-state index in [9.17, 15) is 4.79 Å². The summed E-state index contributed by atoms with van der Waals surface area (Å²) >= 11 is 0. The molecule has 0 aliphatic carbocycles. The summed E-state index contributed by atoms with van der Waals surface area (Å²) in [5.41, 5.74) is 0.661. The Balaban J connectivity index is 2.60. The monoisotopic (exact) mass is 194 g/mol. The van der Waals surface area contributed by atoms with E-state index < -0.39 is 6.10 Å². The zero-order valence-electron chi connectivity index (χ0n) is 8.36. The Kier molecular flexibility index (Phi) is 3.65. The highest BCUT2D eigenvalue weighted by Gasteiger charge is 2.00. The van der Waals surface area contributed by atoms with E-state index in [4.69, 9.17) is 9.84 Å². The summed E-state index contributed by atoms with van der Waals surface area (Å²) in [7, 11) is 0. The molecule has 1 aromatic carbocycles. The Labute approximate surface area is 83.3 Å². The summed E-state index contributed by atoms with van der Waals surface area (Å²) in [6.07, 6.45) is -0.484. The summed E-state index contributed by atoms with van der Waals surface area (Å²) in [6, 6.07) is 6.86. The lowest BCUT2D eigenvalue weighted by atomic mass is 10.1. The molecule has 0 saturated heterocycles. The van der Waals surface area contributed by atoms with Crippen molar-refractivity contribution in [2.24, 2.45) is 0 Å². The first kappa shape index (κ1) is 10.7. The van der Waals surface area contributed by atoms with E-state index >= 15 is 0 Å². The van der Waals surface area contributed by atoms with Crippen molar-refractivity contribution in [3.05, 3.63) is 29.8 Å². The molecule has 1 aromatic rings. The number of hydrogen-bond acceptors (Lipinski definition) is 3. The molecule has 0 aromatic heterocycles. The number of ketones is 1. The summed E-state index contributed by atoms with van der Waals surface area (Å²) < 4.78 is 5.24. The Morgan fingerprint density at radius 2 is 2.00 bits per heavy atom. The third-order valence-electron chi connectivity index (χ3n) is 1.75. The maximum Gasteiger partial charge on any atom is 0.159 e. The average molecular weight is 194 g/mol. The number of hydrogen-bond donors (Lipinski definition) is 1. The van der Waals surface area contributed by atoms with Gasteiger partial charge in [-0.3, -0.25) is 4.79 Å². The highest BCUT2D eigenvalue weighted by molar-refractivity contribution is 5.94. The first-order chi connectivity index (χ1) is 6.59. The van der Waals surface area contributed by atoms with Gasteiger partial charge in [0.2, 0.25) is 0 Å². The van der Waals surface area contributed by atoms with E-state index in [1.807, 2.05) is 0 Å². The predicted octanol–water partition coefficient (Wildman–Crippen LogP) is 1.65. The quantitative estimate of drug-likeness (QED) is 0.741. The van der Waals surface area contributed by atoms with Crippen LogP contribution in [0.25, 0.3) is 0 Å². The van der Waals surface area contributed by atoms with Crippen molar-refractivity contribution in [3.8, 4) is 5.75 Å². The molecule has 0 aliphatic heterocycles. The average Bonchev–Trinajstić information content (AvgIpc) is 2.15. The molecule has 0 aliphatic rings. The Morgan fingerprint density at radius 3 is 2.43 bits per heavy atom. The van der Waals surface area contributed by atoms with Gasteiger partial charge >= 0.3 is 0 Å². The number of rotatable bonds is 4. The third-order valence-corrected chi connectivity index (χ3v) is 1.75. The van der Waals surface area contributed by atoms with Gasteiger partial charge in [-0.15, -0.1) is 0 Å². The van der Waals surface area contributed by atoms with Crippen LogP contribution in [-0.2, 0) is 0 Å². The van der Waals surface area contributed by atoms with E-state index in [0.29, 0.717) is 11.3 Å². The van der Waals surface area contributed by atoms with Crippen molar-refractivity contribution in [2.75, 3.05) is 6.61 Å². The minimum Gasteiger partial charge on any atom is -0.491 e. The Bertz CT molecular complexity index is 301. The Morgan fingerprint density at radius 1 is 1.43 bits per heavy atom. The van der Waals surface area contributed by atoms with Crippen LogP contribution in [0, 0.1) is 0 Å². The van der Waals surface area contributed by atoms with Crippen LogP contribution >= 0.6 is 0 Å². The molecular weight excluding hydrogens is 180 g/mol. The number of benzene rings is 1. The second-order valence-electron chi connectivity index (χ2n) is 3.24. The van der Waals surface area contributed by atoms with Gasteiger partial charge in [-0.25, -0.2) is 0 Å². The largest absolute Gasteiger partial charge is 0.491 e. The number of aliphatic hydroxyl groups is 1. The number of Topliss-reactive ketones (excluding diaryl/α,β-unsaturated/α-hetero) is 1. The number of carbonyl (C=O) groups excluding carboxylic acids is 1. The van der Waals surface area contributed by atoms with E-state index in [0.717, 1.165) is 0 Å². The second-order valence-corrected chi connectivity index (χ2v) is 3.24. The summed E-state index contributed by atoms with van der Waals surface area (Å²) in [5.74, 6) is 0.697. The molecule has 1 atom stereocenters. The fourth-order valence-corrected chi connectivity index (χ4v) is 1.00. The molecule has 0 saturated carbocycles. The molecule has 0 fully saturated rings. The van der Waals surface area contributed by atoms with Crippen molar-refractivity contribution >= 4 is 5.78 Å². The minimum absolute atomic E-state index is 0.0343. The molecule has 1 N–H and O–H groups in total. The van der Waals surface area contributed by atoms with Crippen molar-refractivity contribution in [1.29, 1.82) is 0 Å². The third kappa shape index (κ3) is 3.18. The second kappa shape index (κ2) is 4.77. The molecule has 3 heteroatoms. The van der Waals surface area contributed by atoms with E-state index in [2.05, 4.69) is 0 Å². The van der Waals surface area contributed by atoms with Crippen molar-refractivity contribution in [2.45, 2.75) is 20.0 Å². The topological polar surface area (TPSA) is 46.5 Å². The molecule has 1 unspecified atom stereocenters. The minimum atomic E-state index is -0.484. The van der Waals surface area contributed by atoms with Gasteiger partial charge in [0.1, 0.15) is 12.4 Å². The van der Waals surface area contributed by atoms with Crippen LogP contribution in [0.3, 0.4) is 0 Å². The van der Waals surface area contributed by atoms with E-state index in [1.54, 1.807) is 31.2 Å². The predicted molar refractivity (Wildman–Crippen MR) is 53.6 cm³/mol. The van der Waals surface area contributed by atoms with Gasteiger partial charge < -0.3 is 9.84 Å². The van der Waals surface area contributed by atoms with Crippen molar-refractivity contribution in [3.63, 3.8) is 0 Å². The molecular formula is C11H14O3. The van der Waals surface area contributed by atoms with E-state index in [1.165, 1.54) is 6.92 Å². The standard InChI is InChI=1S/C11H14O3/c1-8(12)7-14-11-5-3-10(4-6-11)9(2)13/h3-6,8,12H,7H2,1-2H3. The SMILES string of the molecule is CC(=O)c1ccc(OCC(C)O)cc1. The van der Waals surface area contributed by atoms with Crippen LogP contribution in [-0.4, -0.2) is 23.6 Å². The van der Waals surface area contributed by atoms with Crippen LogP contribution in [0.4, 0.5) is 0 Å². The fraction of sp³-hybridized carbons (Fsp3) is 0.364.